The number of rotatable bonds is 4. The van der Waals surface area contributed by atoms with Crippen molar-refractivity contribution in [2.75, 3.05) is 4.90 Å². The molecule has 0 atom stereocenters. The maximum atomic E-state index is 2.44. The van der Waals surface area contributed by atoms with E-state index in [1.165, 1.54) is 60.6 Å². The summed E-state index contributed by atoms with van der Waals surface area (Å²) in [4.78, 5) is 2.44. The third kappa shape index (κ3) is 3.78. The van der Waals surface area contributed by atoms with Crippen molar-refractivity contribution < 1.29 is 0 Å². The third-order valence-electron chi connectivity index (χ3n) is 9.03. The molecule has 7 aromatic rings. The Morgan fingerprint density at radius 1 is 0.452 bits per heavy atom. The van der Waals surface area contributed by atoms with Crippen molar-refractivity contribution >= 4 is 38.6 Å². The van der Waals surface area contributed by atoms with E-state index in [9.17, 15) is 0 Å². The topological polar surface area (TPSA) is 3.24 Å². The second kappa shape index (κ2) is 9.46. The van der Waals surface area contributed by atoms with Gasteiger partial charge in [-0.05, 0) is 79.9 Å². The average molecular weight is 538 g/mol. The minimum Gasteiger partial charge on any atom is -0.310 e. The lowest BCUT2D eigenvalue weighted by atomic mass is 9.82. The van der Waals surface area contributed by atoms with E-state index in [-0.39, 0.29) is 5.41 Å². The zero-order valence-corrected chi connectivity index (χ0v) is 23.9. The molecule has 0 bridgehead atoms. The fourth-order valence-corrected chi connectivity index (χ4v) is 6.94. The van der Waals surface area contributed by atoms with Crippen LogP contribution in [0.1, 0.15) is 25.0 Å². The van der Waals surface area contributed by atoms with Crippen LogP contribution >= 0.6 is 0 Å². The highest BCUT2D eigenvalue weighted by Gasteiger charge is 2.37. The lowest BCUT2D eigenvalue weighted by Gasteiger charge is -2.28. The number of hydrogen-bond acceptors (Lipinski definition) is 1. The van der Waals surface area contributed by atoms with Crippen molar-refractivity contribution in [2.45, 2.75) is 19.3 Å². The van der Waals surface area contributed by atoms with E-state index in [0.29, 0.717) is 0 Å². The fraction of sp³-hybridized carbons (Fsp3) is 0.0732. The Bertz CT molecular complexity index is 2110. The van der Waals surface area contributed by atoms with Crippen molar-refractivity contribution in [1.82, 2.24) is 0 Å². The SMILES string of the molecule is CC1(C)c2ccc(N(c3ccc4ccccc4c3)c3cccc4ccccc34)cc2-c2c(-c3ccccc3)cccc21. The lowest BCUT2D eigenvalue weighted by molar-refractivity contribution is 0.660. The molecule has 200 valence electrons. The summed E-state index contributed by atoms with van der Waals surface area (Å²) in [6.45, 7) is 4.72. The zero-order valence-electron chi connectivity index (χ0n) is 23.9. The van der Waals surface area contributed by atoms with E-state index < -0.39 is 0 Å². The van der Waals surface area contributed by atoms with E-state index in [0.717, 1.165) is 11.4 Å². The maximum Gasteiger partial charge on any atom is 0.0540 e. The molecule has 8 rings (SSSR count). The molecule has 1 nitrogen and oxygen atoms in total. The normalized spacial score (nSPS) is 13.2. The van der Waals surface area contributed by atoms with E-state index in [1.54, 1.807) is 0 Å². The molecule has 0 saturated carbocycles. The second-order valence-corrected chi connectivity index (χ2v) is 11.8. The number of benzene rings is 7. The summed E-state index contributed by atoms with van der Waals surface area (Å²) in [5, 5.41) is 4.95. The molecule has 0 spiro atoms. The second-order valence-electron chi connectivity index (χ2n) is 11.8. The summed E-state index contributed by atoms with van der Waals surface area (Å²) in [6, 6.07) is 55.4. The van der Waals surface area contributed by atoms with Crippen molar-refractivity contribution in [2.24, 2.45) is 0 Å². The summed E-state index contributed by atoms with van der Waals surface area (Å²) in [5.41, 5.74) is 11.4. The Morgan fingerprint density at radius 2 is 1.12 bits per heavy atom. The van der Waals surface area contributed by atoms with Gasteiger partial charge >= 0.3 is 0 Å². The fourth-order valence-electron chi connectivity index (χ4n) is 6.94. The van der Waals surface area contributed by atoms with Crippen LogP contribution in [0.25, 0.3) is 43.8 Å². The highest BCUT2D eigenvalue weighted by Crippen LogP contribution is 2.54. The number of nitrogens with zero attached hydrogens (tertiary/aromatic N) is 1. The van der Waals surface area contributed by atoms with Crippen LogP contribution in [0.2, 0.25) is 0 Å². The van der Waals surface area contributed by atoms with Gasteiger partial charge in [-0.25, -0.2) is 0 Å². The van der Waals surface area contributed by atoms with Crippen LogP contribution < -0.4 is 4.90 Å². The molecule has 0 fully saturated rings. The van der Waals surface area contributed by atoms with Crippen molar-refractivity contribution in [3.05, 3.63) is 163 Å². The molecular formula is C41H31N. The minimum atomic E-state index is -0.0821. The molecule has 1 heteroatoms. The predicted octanol–water partition coefficient (Wildman–Crippen LogP) is 11.4. The van der Waals surface area contributed by atoms with Gasteiger partial charge in [0.05, 0.1) is 5.69 Å². The van der Waals surface area contributed by atoms with Crippen LogP contribution in [-0.4, -0.2) is 0 Å². The molecule has 0 radical (unpaired) electrons. The van der Waals surface area contributed by atoms with E-state index in [2.05, 4.69) is 170 Å². The van der Waals surface area contributed by atoms with Gasteiger partial charge in [0.15, 0.2) is 0 Å². The van der Waals surface area contributed by atoms with E-state index in [4.69, 9.17) is 0 Å². The Kier molecular flexibility index (Phi) is 5.55. The van der Waals surface area contributed by atoms with Crippen LogP contribution in [0.4, 0.5) is 17.1 Å². The van der Waals surface area contributed by atoms with Gasteiger partial charge in [0.25, 0.3) is 0 Å². The molecule has 0 heterocycles. The highest BCUT2D eigenvalue weighted by atomic mass is 15.1. The predicted molar refractivity (Wildman–Crippen MR) is 179 cm³/mol. The molecule has 0 aromatic heterocycles. The van der Waals surface area contributed by atoms with Gasteiger partial charge in [-0.3, -0.25) is 0 Å². The van der Waals surface area contributed by atoms with E-state index >= 15 is 0 Å². The molecule has 1 aliphatic carbocycles. The molecule has 7 aromatic carbocycles. The summed E-state index contributed by atoms with van der Waals surface area (Å²) in [7, 11) is 0. The quantitative estimate of drug-likeness (QED) is 0.216. The first kappa shape index (κ1) is 24.6. The summed E-state index contributed by atoms with van der Waals surface area (Å²) < 4.78 is 0. The van der Waals surface area contributed by atoms with Gasteiger partial charge in [-0.15, -0.1) is 0 Å². The third-order valence-corrected chi connectivity index (χ3v) is 9.03. The van der Waals surface area contributed by atoms with Gasteiger partial charge in [0.2, 0.25) is 0 Å². The number of anilines is 3. The lowest BCUT2D eigenvalue weighted by Crippen LogP contribution is -2.15. The number of fused-ring (bicyclic) bond motifs is 5. The summed E-state index contributed by atoms with van der Waals surface area (Å²) in [6.07, 6.45) is 0. The van der Waals surface area contributed by atoms with Gasteiger partial charge < -0.3 is 4.90 Å². The van der Waals surface area contributed by atoms with Crippen molar-refractivity contribution in [3.8, 4) is 22.3 Å². The van der Waals surface area contributed by atoms with Crippen LogP contribution in [0.15, 0.2) is 152 Å². The molecule has 42 heavy (non-hydrogen) atoms. The zero-order chi connectivity index (χ0) is 28.3. The summed E-state index contributed by atoms with van der Waals surface area (Å²) in [5.74, 6) is 0. The molecular weight excluding hydrogens is 506 g/mol. The molecule has 0 aliphatic heterocycles. The monoisotopic (exact) mass is 537 g/mol. The first-order chi connectivity index (χ1) is 20.6. The number of hydrogen-bond donors (Lipinski definition) is 0. The highest BCUT2D eigenvalue weighted by molar-refractivity contribution is 6.01. The standard InChI is InChI=1S/C41H31N/c1-41(2)37-25-24-33(27-36(37)40-35(19-11-20-38(40)41)30-13-4-3-5-14-30)42(32-23-22-28-12-6-7-16-31(28)26-32)39-21-10-17-29-15-8-9-18-34(29)39/h3-27H,1-2H3. The van der Waals surface area contributed by atoms with Crippen LogP contribution in [0.3, 0.4) is 0 Å². The molecule has 0 amide bonds. The van der Waals surface area contributed by atoms with Crippen LogP contribution in [0.5, 0.6) is 0 Å². The largest absolute Gasteiger partial charge is 0.310 e. The Morgan fingerprint density at radius 3 is 1.98 bits per heavy atom. The minimum absolute atomic E-state index is 0.0821. The van der Waals surface area contributed by atoms with Crippen molar-refractivity contribution in [1.29, 1.82) is 0 Å². The van der Waals surface area contributed by atoms with Gasteiger partial charge in [-0.1, -0.05) is 135 Å². The average Bonchev–Trinajstić information content (AvgIpc) is 3.27. The van der Waals surface area contributed by atoms with Crippen LogP contribution in [0, 0.1) is 0 Å². The smallest absolute Gasteiger partial charge is 0.0540 e. The Hall–Kier alpha value is -5.14. The van der Waals surface area contributed by atoms with E-state index in [1.807, 2.05) is 0 Å². The summed E-state index contributed by atoms with van der Waals surface area (Å²) >= 11 is 0. The van der Waals surface area contributed by atoms with Gasteiger partial charge in [0.1, 0.15) is 0 Å². The van der Waals surface area contributed by atoms with Crippen LogP contribution in [-0.2, 0) is 5.41 Å². The molecule has 0 saturated heterocycles. The Balaban J connectivity index is 1.40. The van der Waals surface area contributed by atoms with Crippen molar-refractivity contribution in [3.63, 3.8) is 0 Å². The molecule has 1 aliphatic rings. The first-order valence-electron chi connectivity index (χ1n) is 14.7. The molecule has 0 N–H and O–H groups in total. The molecule has 0 unspecified atom stereocenters. The van der Waals surface area contributed by atoms with Gasteiger partial charge in [-0.2, -0.15) is 0 Å². The van der Waals surface area contributed by atoms with Gasteiger partial charge in [0, 0.05) is 22.2 Å². The Labute approximate surface area is 247 Å². The maximum absolute atomic E-state index is 2.44. The first-order valence-corrected chi connectivity index (χ1v) is 14.7.